The van der Waals surface area contributed by atoms with E-state index < -0.39 is 0 Å². The van der Waals surface area contributed by atoms with E-state index >= 15 is 0 Å². The van der Waals surface area contributed by atoms with E-state index in [4.69, 9.17) is 19.9 Å². The van der Waals surface area contributed by atoms with Crippen LogP contribution in [-0.2, 0) is 6.42 Å². The van der Waals surface area contributed by atoms with E-state index in [-0.39, 0.29) is 5.57 Å². The third-order valence-corrected chi connectivity index (χ3v) is 3.10. The molecule has 1 heterocycles. The summed E-state index contributed by atoms with van der Waals surface area (Å²) in [6.45, 7) is 0.586. The molecule has 0 unspecified atom stereocenters. The van der Waals surface area contributed by atoms with Crippen molar-refractivity contribution >= 4 is 5.71 Å². The summed E-state index contributed by atoms with van der Waals surface area (Å²) in [5.41, 5.74) is 4.53. The summed E-state index contributed by atoms with van der Waals surface area (Å²) in [7, 11) is 3.14. The molecule has 6 heteroatoms. The second-order valence-electron chi connectivity index (χ2n) is 4.14. The van der Waals surface area contributed by atoms with Gasteiger partial charge in [-0.2, -0.15) is 5.26 Å². The molecule has 1 aliphatic rings. The van der Waals surface area contributed by atoms with Crippen molar-refractivity contribution in [2.24, 2.45) is 4.99 Å². The molecule has 0 fully saturated rings. The molecule has 0 atom stereocenters. The molecule has 1 aromatic carbocycles. The Morgan fingerprint density at radius 1 is 1.40 bits per heavy atom. The smallest absolute Gasteiger partial charge is 0.161 e. The van der Waals surface area contributed by atoms with Gasteiger partial charge in [0.2, 0.25) is 0 Å². The van der Waals surface area contributed by atoms with Crippen molar-refractivity contribution in [2.45, 2.75) is 6.42 Å². The number of hydrogen-bond acceptors (Lipinski definition) is 6. The van der Waals surface area contributed by atoms with Crippen LogP contribution < -0.4 is 15.0 Å². The highest BCUT2D eigenvalue weighted by Crippen LogP contribution is 2.33. The number of hydrogen-bond donors (Lipinski definition) is 2. The Morgan fingerprint density at radius 2 is 2.10 bits per heavy atom. The summed E-state index contributed by atoms with van der Waals surface area (Å²) >= 11 is 0. The second kappa shape index (κ2) is 6.08. The van der Waals surface area contributed by atoms with E-state index in [1.54, 1.807) is 20.3 Å². The van der Waals surface area contributed by atoms with Crippen molar-refractivity contribution in [2.75, 3.05) is 20.8 Å². The van der Waals surface area contributed by atoms with Crippen LogP contribution in [0.1, 0.15) is 11.1 Å². The maximum absolute atomic E-state index is 9.16. The topological polar surface area (TPSA) is 86.9 Å². The SMILES string of the molecule is COc1cc2c(cc1OC)C(/C(C#N)=C\NO)=NCC2. The number of nitriles is 1. The number of benzene rings is 1. The fraction of sp³-hybridized carbons (Fsp3) is 0.286. The average Bonchev–Trinajstić information content (AvgIpc) is 2.50. The molecule has 1 aromatic rings. The van der Waals surface area contributed by atoms with Gasteiger partial charge < -0.3 is 9.47 Å². The standard InChI is InChI=1S/C14H15N3O3/c1-19-12-5-9-3-4-16-14(10(7-15)8-17-18)11(9)6-13(12)20-2/h5-6,8,17-18H,3-4H2,1-2H3/b10-8-. The number of nitrogens with zero attached hydrogens (tertiary/aromatic N) is 2. The Morgan fingerprint density at radius 3 is 2.70 bits per heavy atom. The maximum atomic E-state index is 9.16. The van der Waals surface area contributed by atoms with Crippen molar-refractivity contribution in [1.29, 1.82) is 5.26 Å². The van der Waals surface area contributed by atoms with Crippen molar-refractivity contribution in [3.05, 3.63) is 35.0 Å². The van der Waals surface area contributed by atoms with Crippen LogP contribution in [0, 0.1) is 11.3 Å². The molecule has 0 saturated heterocycles. The van der Waals surface area contributed by atoms with Gasteiger partial charge in [0, 0.05) is 18.3 Å². The third kappa shape index (κ3) is 2.44. The van der Waals surface area contributed by atoms with Gasteiger partial charge in [0.1, 0.15) is 6.07 Å². The molecule has 0 saturated carbocycles. The van der Waals surface area contributed by atoms with Crippen LogP contribution in [-0.4, -0.2) is 31.7 Å². The molecule has 2 N–H and O–H groups in total. The zero-order valence-electron chi connectivity index (χ0n) is 11.3. The highest BCUT2D eigenvalue weighted by atomic mass is 16.5. The number of aliphatic imine (C=N–C) groups is 1. The first-order chi connectivity index (χ1) is 9.74. The largest absolute Gasteiger partial charge is 0.493 e. The van der Waals surface area contributed by atoms with Crippen LogP contribution >= 0.6 is 0 Å². The average molecular weight is 273 g/mol. The Labute approximate surface area is 116 Å². The van der Waals surface area contributed by atoms with E-state index in [9.17, 15) is 0 Å². The minimum Gasteiger partial charge on any atom is -0.493 e. The van der Waals surface area contributed by atoms with Crippen LogP contribution in [0.5, 0.6) is 11.5 Å². The summed E-state index contributed by atoms with van der Waals surface area (Å²) in [4.78, 5) is 4.37. The van der Waals surface area contributed by atoms with Crippen LogP contribution in [0.25, 0.3) is 0 Å². The molecule has 0 amide bonds. The molecule has 0 aliphatic carbocycles. The van der Waals surface area contributed by atoms with Gasteiger partial charge in [0.25, 0.3) is 0 Å². The summed E-state index contributed by atoms with van der Waals surface area (Å²) in [5.74, 6) is 1.23. The van der Waals surface area contributed by atoms with Crippen LogP contribution in [0.15, 0.2) is 28.9 Å². The summed E-state index contributed by atoms with van der Waals surface area (Å²) < 4.78 is 10.6. The molecule has 0 spiro atoms. The Bertz CT molecular complexity index is 615. The lowest BCUT2D eigenvalue weighted by Gasteiger charge is -2.19. The number of hydroxylamine groups is 1. The molecule has 20 heavy (non-hydrogen) atoms. The zero-order chi connectivity index (χ0) is 14.5. The van der Waals surface area contributed by atoms with Gasteiger partial charge in [0.05, 0.1) is 25.5 Å². The molecule has 0 radical (unpaired) electrons. The first-order valence-electron chi connectivity index (χ1n) is 6.05. The zero-order valence-corrected chi connectivity index (χ0v) is 11.3. The second-order valence-corrected chi connectivity index (χ2v) is 4.14. The van der Waals surface area contributed by atoms with Gasteiger partial charge in [-0.05, 0) is 24.1 Å². The predicted molar refractivity (Wildman–Crippen MR) is 73.3 cm³/mol. The Kier molecular flexibility index (Phi) is 4.23. The Hall–Kier alpha value is -2.52. The summed E-state index contributed by atoms with van der Waals surface area (Å²) in [5, 5.41) is 17.9. The predicted octanol–water partition coefficient (Wildman–Crippen LogP) is 1.44. The highest BCUT2D eigenvalue weighted by Gasteiger charge is 2.21. The fourth-order valence-electron chi connectivity index (χ4n) is 2.17. The fourth-order valence-corrected chi connectivity index (χ4v) is 2.17. The molecular formula is C14H15N3O3. The third-order valence-electron chi connectivity index (χ3n) is 3.10. The van der Waals surface area contributed by atoms with Crippen molar-refractivity contribution < 1.29 is 14.7 Å². The summed E-state index contributed by atoms with van der Waals surface area (Å²) in [6.07, 6.45) is 1.98. The van der Waals surface area contributed by atoms with E-state index in [0.29, 0.717) is 23.8 Å². The number of ether oxygens (including phenoxy) is 2. The lowest BCUT2D eigenvalue weighted by Crippen LogP contribution is -2.16. The first-order valence-corrected chi connectivity index (χ1v) is 6.05. The molecular weight excluding hydrogens is 258 g/mol. The lowest BCUT2D eigenvalue weighted by molar-refractivity contribution is 0.214. The van der Waals surface area contributed by atoms with E-state index in [0.717, 1.165) is 17.5 Å². The molecule has 1 aliphatic heterocycles. The van der Waals surface area contributed by atoms with E-state index in [2.05, 4.69) is 4.99 Å². The Balaban J connectivity index is 2.56. The van der Waals surface area contributed by atoms with Crippen LogP contribution in [0.3, 0.4) is 0 Å². The number of rotatable bonds is 4. The number of nitrogens with one attached hydrogen (secondary N) is 1. The first kappa shape index (κ1) is 13.9. The van der Waals surface area contributed by atoms with Gasteiger partial charge in [0.15, 0.2) is 11.5 Å². The van der Waals surface area contributed by atoms with Gasteiger partial charge in [-0.3, -0.25) is 15.7 Å². The van der Waals surface area contributed by atoms with Gasteiger partial charge in [-0.25, -0.2) is 0 Å². The molecule has 104 valence electrons. The normalized spacial score (nSPS) is 13.9. The van der Waals surface area contributed by atoms with Crippen molar-refractivity contribution in [1.82, 2.24) is 5.48 Å². The molecule has 0 bridgehead atoms. The van der Waals surface area contributed by atoms with E-state index in [1.165, 1.54) is 6.20 Å². The molecule has 6 nitrogen and oxygen atoms in total. The minimum atomic E-state index is 0.265. The quantitative estimate of drug-likeness (QED) is 0.640. The van der Waals surface area contributed by atoms with Crippen LogP contribution in [0.2, 0.25) is 0 Å². The van der Waals surface area contributed by atoms with Crippen molar-refractivity contribution in [3.63, 3.8) is 0 Å². The maximum Gasteiger partial charge on any atom is 0.161 e. The molecule has 2 rings (SSSR count). The number of fused-ring (bicyclic) bond motifs is 1. The van der Waals surface area contributed by atoms with E-state index in [1.807, 2.05) is 17.6 Å². The monoisotopic (exact) mass is 273 g/mol. The number of methoxy groups -OCH3 is 2. The minimum absolute atomic E-state index is 0.265. The van der Waals surface area contributed by atoms with Crippen LogP contribution in [0.4, 0.5) is 0 Å². The van der Waals surface area contributed by atoms with Crippen molar-refractivity contribution in [3.8, 4) is 17.6 Å². The van der Waals surface area contributed by atoms with Gasteiger partial charge in [-0.15, -0.1) is 0 Å². The number of allylic oxidation sites excluding steroid dienone is 1. The van der Waals surface area contributed by atoms with Gasteiger partial charge >= 0.3 is 0 Å². The summed E-state index contributed by atoms with van der Waals surface area (Å²) in [6, 6.07) is 5.71. The van der Waals surface area contributed by atoms with Gasteiger partial charge in [-0.1, -0.05) is 0 Å². The highest BCUT2D eigenvalue weighted by molar-refractivity contribution is 6.16. The molecule has 0 aromatic heterocycles. The lowest BCUT2D eigenvalue weighted by atomic mass is 9.93.